The summed E-state index contributed by atoms with van der Waals surface area (Å²) in [7, 11) is -0.354. The topological polar surface area (TPSA) is 68.8 Å². The Morgan fingerprint density at radius 3 is 2.25 bits per heavy atom. The predicted octanol–water partition coefficient (Wildman–Crippen LogP) is 4.50. The Labute approximate surface area is 194 Å². The van der Waals surface area contributed by atoms with Gasteiger partial charge in [-0.05, 0) is 85.3 Å². The van der Waals surface area contributed by atoms with Crippen molar-refractivity contribution in [1.82, 2.24) is 10.6 Å². The fourth-order valence-electron chi connectivity index (χ4n) is 3.41. The molecule has 1 saturated heterocycles. The van der Waals surface area contributed by atoms with Gasteiger partial charge in [-0.2, -0.15) is 0 Å². The van der Waals surface area contributed by atoms with Crippen molar-refractivity contribution in [2.24, 2.45) is 0 Å². The molecule has 1 aliphatic heterocycles. The predicted molar refractivity (Wildman–Crippen MR) is 131 cm³/mol. The molecule has 0 aliphatic carbocycles. The molecule has 1 atom stereocenters. The average molecular weight is 444 g/mol. The van der Waals surface area contributed by atoms with Gasteiger partial charge in [0.25, 0.3) is 0 Å². The molecule has 2 rings (SSSR count). The largest absolute Gasteiger partial charge is 0.494 e. The van der Waals surface area contributed by atoms with Gasteiger partial charge >= 0.3 is 13.2 Å². The number of carbonyl (C=O) groups is 1. The fraction of sp³-hybridized carbons (Fsp3) is 0.640. The molecule has 32 heavy (non-hydrogen) atoms. The minimum absolute atomic E-state index is 0.210. The second kappa shape index (κ2) is 10.9. The molecule has 0 saturated carbocycles. The molecule has 0 spiro atoms. The summed E-state index contributed by atoms with van der Waals surface area (Å²) in [5.41, 5.74) is 1.06. The number of benzene rings is 1. The fourth-order valence-corrected chi connectivity index (χ4v) is 3.41. The summed E-state index contributed by atoms with van der Waals surface area (Å²) in [6, 6.07) is 8.66. The van der Waals surface area contributed by atoms with Crippen LogP contribution < -0.4 is 16.1 Å². The molecule has 7 heteroatoms. The molecule has 1 fully saturated rings. The van der Waals surface area contributed by atoms with Crippen molar-refractivity contribution in [1.29, 1.82) is 0 Å². The molecule has 1 aliphatic rings. The molecule has 1 heterocycles. The highest BCUT2D eigenvalue weighted by molar-refractivity contribution is 6.62. The first-order valence-electron chi connectivity index (χ1n) is 11.6. The van der Waals surface area contributed by atoms with Crippen molar-refractivity contribution in [3.05, 3.63) is 42.5 Å². The Hall–Kier alpha value is -1.83. The van der Waals surface area contributed by atoms with Crippen molar-refractivity contribution >= 4 is 18.7 Å². The molecule has 1 aromatic carbocycles. The van der Waals surface area contributed by atoms with Gasteiger partial charge in [0, 0.05) is 12.6 Å². The lowest BCUT2D eigenvalue weighted by Gasteiger charge is -2.32. The van der Waals surface area contributed by atoms with Gasteiger partial charge in [-0.1, -0.05) is 30.3 Å². The van der Waals surface area contributed by atoms with E-state index >= 15 is 0 Å². The first-order chi connectivity index (χ1) is 14.8. The molecule has 0 bridgehead atoms. The van der Waals surface area contributed by atoms with Crippen LogP contribution in [0.1, 0.15) is 79.3 Å². The van der Waals surface area contributed by atoms with Crippen LogP contribution in [0.15, 0.2) is 36.9 Å². The quantitative estimate of drug-likeness (QED) is 0.316. The van der Waals surface area contributed by atoms with Crippen LogP contribution >= 0.6 is 0 Å². The second-order valence-electron chi connectivity index (χ2n) is 10.4. The van der Waals surface area contributed by atoms with E-state index in [-0.39, 0.29) is 30.5 Å². The normalized spacial score (nSPS) is 18.3. The number of alkyl carbamates (subject to hydrolysis) is 1. The van der Waals surface area contributed by atoms with Crippen LogP contribution in [0, 0.1) is 0 Å². The smallest absolute Gasteiger partial charge is 0.444 e. The van der Waals surface area contributed by atoms with Crippen LogP contribution in [0.2, 0.25) is 0 Å². The number of carbonyl (C=O) groups excluding carboxylic acids is 1. The number of amides is 1. The number of rotatable bonds is 10. The average Bonchev–Trinajstić information content (AvgIpc) is 2.90. The highest BCUT2D eigenvalue weighted by Crippen LogP contribution is 2.36. The van der Waals surface area contributed by atoms with Crippen molar-refractivity contribution in [3.8, 4) is 0 Å². The summed E-state index contributed by atoms with van der Waals surface area (Å²) in [4.78, 5) is 11.8. The summed E-state index contributed by atoms with van der Waals surface area (Å²) in [5, 5.41) is 6.41. The molecule has 6 nitrogen and oxygen atoms in total. The monoisotopic (exact) mass is 444 g/mol. The van der Waals surface area contributed by atoms with E-state index in [1.54, 1.807) is 0 Å². The van der Waals surface area contributed by atoms with Crippen molar-refractivity contribution in [2.75, 3.05) is 13.1 Å². The maximum Gasteiger partial charge on any atom is 0.494 e. The molecular weight excluding hydrogens is 403 g/mol. The maximum absolute atomic E-state index is 11.8. The summed E-state index contributed by atoms with van der Waals surface area (Å²) < 4.78 is 17.6. The maximum atomic E-state index is 11.8. The molecule has 2 N–H and O–H groups in total. The van der Waals surface area contributed by atoms with E-state index in [2.05, 4.69) is 69.2 Å². The van der Waals surface area contributed by atoms with Gasteiger partial charge in [0.05, 0.1) is 11.2 Å². The van der Waals surface area contributed by atoms with Gasteiger partial charge < -0.3 is 24.7 Å². The lowest BCUT2D eigenvalue weighted by molar-refractivity contribution is 0.00578. The number of nitrogens with one attached hydrogen (secondary N) is 2. The van der Waals surface area contributed by atoms with Crippen molar-refractivity contribution in [3.63, 3.8) is 0 Å². The van der Waals surface area contributed by atoms with E-state index in [0.717, 1.165) is 31.3 Å². The second-order valence-corrected chi connectivity index (χ2v) is 10.4. The zero-order valence-corrected chi connectivity index (χ0v) is 20.9. The van der Waals surface area contributed by atoms with Gasteiger partial charge in [-0.15, -0.1) is 6.58 Å². The number of hydrogen-bond acceptors (Lipinski definition) is 5. The van der Waals surface area contributed by atoms with Gasteiger partial charge in [-0.25, -0.2) is 4.79 Å². The van der Waals surface area contributed by atoms with Gasteiger partial charge in [0.15, 0.2) is 0 Å². The van der Waals surface area contributed by atoms with E-state index < -0.39 is 5.60 Å². The van der Waals surface area contributed by atoms with Gasteiger partial charge in [-0.3, -0.25) is 0 Å². The summed E-state index contributed by atoms with van der Waals surface area (Å²) in [6.45, 7) is 19.0. The van der Waals surface area contributed by atoms with E-state index in [1.807, 2.05) is 26.8 Å². The van der Waals surface area contributed by atoms with Crippen LogP contribution in [-0.4, -0.2) is 43.1 Å². The number of allylic oxidation sites excluding steroid dienone is 1. The van der Waals surface area contributed by atoms with Crippen molar-refractivity contribution < 1.29 is 18.8 Å². The van der Waals surface area contributed by atoms with Crippen LogP contribution in [0.3, 0.4) is 0 Å². The highest BCUT2D eigenvalue weighted by Gasteiger charge is 2.51. The molecule has 0 aromatic heterocycles. The molecule has 0 unspecified atom stereocenters. The van der Waals surface area contributed by atoms with Gasteiger partial charge in [0.2, 0.25) is 0 Å². The van der Waals surface area contributed by atoms with Crippen LogP contribution in [0.5, 0.6) is 0 Å². The Balaban J connectivity index is 1.89. The van der Waals surface area contributed by atoms with Crippen LogP contribution in [0.4, 0.5) is 4.79 Å². The van der Waals surface area contributed by atoms with E-state index in [0.29, 0.717) is 6.54 Å². The Morgan fingerprint density at radius 2 is 1.72 bits per heavy atom. The lowest BCUT2D eigenvalue weighted by Crippen LogP contribution is -2.41. The van der Waals surface area contributed by atoms with E-state index in [9.17, 15) is 4.79 Å². The van der Waals surface area contributed by atoms with Gasteiger partial charge in [0.1, 0.15) is 5.60 Å². The third kappa shape index (κ3) is 7.64. The third-order valence-electron chi connectivity index (χ3n) is 5.94. The van der Waals surface area contributed by atoms with E-state index in [4.69, 9.17) is 14.0 Å². The molecule has 1 aromatic rings. The first-order valence-corrected chi connectivity index (χ1v) is 11.6. The van der Waals surface area contributed by atoms with E-state index in [1.165, 1.54) is 5.56 Å². The highest BCUT2D eigenvalue weighted by atomic mass is 16.7. The Bertz CT molecular complexity index is 740. The minimum Gasteiger partial charge on any atom is -0.444 e. The SMILES string of the molecule is C=CCC[C@H](NCCCNC(=O)OC(C)(C)C)c1ccc(B2OC(C)(C)C(C)(C)O2)cc1. The Morgan fingerprint density at radius 1 is 1.12 bits per heavy atom. The van der Waals surface area contributed by atoms with Crippen LogP contribution in [-0.2, 0) is 14.0 Å². The summed E-state index contributed by atoms with van der Waals surface area (Å²) >= 11 is 0. The standard InChI is InChI=1S/C25H41BN2O4/c1-9-10-12-21(27-17-11-18-28-22(29)30-23(2,3)4)19-13-15-20(16-14-19)26-31-24(5,6)25(7,8)32-26/h9,13-16,21,27H,1,10-12,17-18H2,2-8H3,(H,28,29)/t21-/m0/s1. The summed E-state index contributed by atoms with van der Waals surface area (Å²) in [5.74, 6) is 0. The van der Waals surface area contributed by atoms with Crippen molar-refractivity contribution in [2.45, 2.75) is 90.6 Å². The first kappa shape index (κ1) is 26.4. The molecule has 178 valence electrons. The lowest BCUT2D eigenvalue weighted by atomic mass is 9.78. The molecule has 1 amide bonds. The Kier molecular flexibility index (Phi) is 8.97. The molecular formula is C25H41BN2O4. The third-order valence-corrected chi connectivity index (χ3v) is 5.94. The zero-order chi connectivity index (χ0) is 24.0. The number of hydrogen-bond donors (Lipinski definition) is 2. The molecule has 0 radical (unpaired) electrons. The zero-order valence-electron chi connectivity index (χ0n) is 20.9. The minimum atomic E-state index is -0.482. The summed E-state index contributed by atoms with van der Waals surface area (Å²) in [6.07, 6.45) is 4.26. The van der Waals surface area contributed by atoms with Crippen LogP contribution in [0.25, 0.3) is 0 Å². The number of ether oxygens (including phenoxy) is 1.